The number of hydrogen-bond acceptors (Lipinski definition) is 4. The fourth-order valence-electron chi connectivity index (χ4n) is 7.57. The molecule has 0 spiro atoms. The Morgan fingerprint density at radius 3 is 1.46 bits per heavy atom. The summed E-state index contributed by atoms with van der Waals surface area (Å²) in [5.41, 5.74) is 1.77. The van der Waals surface area contributed by atoms with E-state index < -0.39 is 12.2 Å². The van der Waals surface area contributed by atoms with Gasteiger partial charge in [0.1, 0.15) is 0 Å². The van der Waals surface area contributed by atoms with Crippen LogP contribution in [0.3, 0.4) is 0 Å². The molecule has 7 fully saturated rings. The zero-order valence-corrected chi connectivity index (χ0v) is 16.0. The fraction of sp³-hybridized carbons (Fsp3) is 0.500. The summed E-state index contributed by atoms with van der Waals surface area (Å²) < 4.78 is 0. The van der Waals surface area contributed by atoms with E-state index in [0.717, 1.165) is 37.1 Å². The van der Waals surface area contributed by atoms with Gasteiger partial charge in [-0.15, -0.1) is 0 Å². The van der Waals surface area contributed by atoms with Gasteiger partial charge in [0.05, 0.1) is 12.2 Å². The summed E-state index contributed by atoms with van der Waals surface area (Å²) in [6.07, 6.45) is 0.920. The molecule has 0 aromatic heterocycles. The van der Waals surface area contributed by atoms with E-state index in [9.17, 15) is 10.2 Å². The van der Waals surface area contributed by atoms with Gasteiger partial charge in [0, 0.05) is 22.9 Å². The second kappa shape index (κ2) is 5.90. The highest BCUT2D eigenvalue weighted by Gasteiger charge is 2.75. The van der Waals surface area contributed by atoms with Gasteiger partial charge in [-0.2, -0.15) is 0 Å². The van der Waals surface area contributed by atoms with E-state index >= 15 is 0 Å². The predicted molar refractivity (Wildman–Crippen MR) is 107 cm³/mol. The Hall–Kier alpha value is -1.72. The monoisotopic (exact) mass is 376 g/mol. The van der Waals surface area contributed by atoms with Gasteiger partial charge in [-0.1, -0.05) is 60.7 Å². The minimum absolute atomic E-state index is 0.141. The average molecular weight is 377 g/mol. The van der Waals surface area contributed by atoms with E-state index in [0.29, 0.717) is 11.8 Å². The molecule has 9 rings (SSSR count). The van der Waals surface area contributed by atoms with Crippen LogP contribution in [0.4, 0.5) is 0 Å². The molecule has 3 aliphatic carbocycles. The van der Waals surface area contributed by atoms with Crippen LogP contribution in [0.15, 0.2) is 60.7 Å². The number of benzene rings is 2. The Balaban J connectivity index is 1.44. The normalized spacial score (nSPS) is 42.5. The van der Waals surface area contributed by atoms with Gasteiger partial charge in [0.15, 0.2) is 0 Å². The van der Waals surface area contributed by atoms with Gasteiger partial charge < -0.3 is 20.8 Å². The van der Waals surface area contributed by atoms with Crippen molar-refractivity contribution in [3.63, 3.8) is 0 Å². The third-order valence-electron chi connectivity index (χ3n) is 8.70. The summed E-state index contributed by atoms with van der Waals surface area (Å²) in [5.74, 6) is 0.761. The molecule has 3 saturated carbocycles. The van der Waals surface area contributed by atoms with E-state index in [-0.39, 0.29) is 22.9 Å². The Kier molecular flexibility index (Phi) is 3.61. The molecular formula is C24H28N2O2. The highest BCUT2D eigenvalue weighted by atomic mass is 16.3. The number of fused-ring (bicyclic) bond motifs is 2. The second-order valence-corrected chi connectivity index (χ2v) is 9.39. The predicted octanol–water partition coefficient (Wildman–Crippen LogP) is 2.41. The molecule has 4 saturated heterocycles. The lowest BCUT2D eigenvalue weighted by Crippen LogP contribution is -2.84. The molecule has 2 aromatic carbocycles. The molecule has 2 aromatic rings. The summed E-state index contributed by atoms with van der Waals surface area (Å²) in [6.45, 7) is 1.89. The maximum atomic E-state index is 11.6. The maximum Gasteiger partial charge on any atom is 0.0864 e. The van der Waals surface area contributed by atoms with Crippen molar-refractivity contribution in [2.45, 2.75) is 37.1 Å². The van der Waals surface area contributed by atoms with Crippen LogP contribution in [-0.4, -0.2) is 35.4 Å². The molecule has 4 N–H and O–H groups in total. The molecule has 28 heavy (non-hydrogen) atoms. The number of hydrogen-bond donors (Lipinski definition) is 4. The molecule has 146 valence electrons. The maximum absolute atomic E-state index is 11.6. The number of aliphatic hydroxyl groups is 2. The summed E-state index contributed by atoms with van der Waals surface area (Å²) in [5, 5.41) is 30.7. The molecule has 7 aliphatic rings. The van der Waals surface area contributed by atoms with Crippen molar-refractivity contribution in [3.05, 3.63) is 71.8 Å². The molecule has 6 bridgehead atoms. The minimum Gasteiger partial charge on any atom is -0.388 e. The molecule has 4 aliphatic heterocycles. The SMILES string of the molecule is OC(c1ccccc1)C12CC3NCC1C1CNC2CC31C(O)c1ccccc1. The van der Waals surface area contributed by atoms with Crippen LogP contribution in [0.1, 0.15) is 36.2 Å². The van der Waals surface area contributed by atoms with Crippen LogP contribution in [0.2, 0.25) is 0 Å². The first-order valence-corrected chi connectivity index (χ1v) is 10.6. The van der Waals surface area contributed by atoms with Crippen molar-refractivity contribution in [2.24, 2.45) is 22.7 Å². The lowest BCUT2D eigenvalue weighted by molar-refractivity contribution is -0.280. The quantitative estimate of drug-likeness (QED) is 0.662. The smallest absolute Gasteiger partial charge is 0.0864 e. The van der Waals surface area contributed by atoms with Crippen molar-refractivity contribution in [3.8, 4) is 0 Å². The van der Waals surface area contributed by atoms with Crippen LogP contribution in [0.5, 0.6) is 0 Å². The highest BCUT2D eigenvalue weighted by molar-refractivity contribution is 5.34. The van der Waals surface area contributed by atoms with E-state index in [1.807, 2.05) is 36.4 Å². The minimum atomic E-state index is -0.462. The highest BCUT2D eigenvalue weighted by Crippen LogP contribution is 2.72. The van der Waals surface area contributed by atoms with Crippen molar-refractivity contribution in [1.82, 2.24) is 10.6 Å². The van der Waals surface area contributed by atoms with Gasteiger partial charge in [-0.05, 0) is 48.9 Å². The Bertz CT molecular complexity index is 801. The van der Waals surface area contributed by atoms with E-state index in [2.05, 4.69) is 34.9 Å². The summed E-state index contributed by atoms with van der Waals surface area (Å²) >= 11 is 0. The Morgan fingerprint density at radius 2 is 1.07 bits per heavy atom. The lowest BCUT2D eigenvalue weighted by Gasteiger charge is -2.77. The zero-order chi connectivity index (χ0) is 18.9. The number of aliphatic hydroxyl groups excluding tert-OH is 2. The molecule has 0 radical (unpaired) electrons. The van der Waals surface area contributed by atoms with Crippen LogP contribution in [0, 0.1) is 22.7 Å². The average Bonchev–Trinajstić information content (AvgIpc) is 2.79. The van der Waals surface area contributed by atoms with Crippen LogP contribution in [-0.2, 0) is 0 Å². The number of rotatable bonds is 4. The number of piperidine rings is 4. The van der Waals surface area contributed by atoms with Gasteiger partial charge in [-0.25, -0.2) is 0 Å². The van der Waals surface area contributed by atoms with Crippen molar-refractivity contribution in [2.75, 3.05) is 13.1 Å². The molecule has 8 unspecified atom stereocenters. The summed E-state index contributed by atoms with van der Waals surface area (Å²) in [4.78, 5) is 0. The van der Waals surface area contributed by atoms with E-state index in [1.165, 1.54) is 0 Å². The Morgan fingerprint density at radius 1 is 0.679 bits per heavy atom. The van der Waals surface area contributed by atoms with Crippen molar-refractivity contribution >= 4 is 0 Å². The van der Waals surface area contributed by atoms with Crippen LogP contribution >= 0.6 is 0 Å². The van der Waals surface area contributed by atoms with Crippen molar-refractivity contribution in [1.29, 1.82) is 0 Å². The van der Waals surface area contributed by atoms with Gasteiger partial charge in [-0.3, -0.25) is 0 Å². The Labute approximate surface area is 166 Å². The third kappa shape index (κ3) is 1.94. The number of nitrogens with one attached hydrogen (secondary N) is 2. The molecular weight excluding hydrogens is 348 g/mol. The summed E-state index contributed by atoms with van der Waals surface area (Å²) in [7, 11) is 0. The standard InChI is InChI=1S/C24H28N2O2/c27-21(15-7-3-1-4-8-15)23-11-20-24(22(28)16-9-5-2-6-10-16)12-19(23)25-14-18(24)17(23)13-26-20/h1-10,17-22,25-28H,11-14H2. The second-order valence-electron chi connectivity index (χ2n) is 9.39. The van der Waals surface area contributed by atoms with Crippen molar-refractivity contribution < 1.29 is 10.2 Å². The van der Waals surface area contributed by atoms with Gasteiger partial charge >= 0.3 is 0 Å². The first-order valence-electron chi connectivity index (χ1n) is 10.6. The topological polar surface area (TPSA) is 64.5 Å². The van der Waals surface area contributed by atoms with Gasteiger partial charge in [0.25, 0.3) is 0 Å². The first-order chi connectivity index (χ1) is 13.7. The molecule has 4 heterocycles. The third-order valence-corrected chi connectivity index (χ3v) is 8.70. The lowest BCUT2D eigenvalue weighted by atomic mass is 9.34. The molecule has 4 heteroatoms. The van der Waals surface area contributed by atoms with E-state index in [1.54, 1.807) is 0 Å². The largest absolute Gasteiger partial charge is 0.388 e. The fourth-order valence-corrected chi connectivity index (χ4v) is 7.57. The molecule has 0 amide bonds. The molecule has 4 nitrogen and oxygen atoms in total. The molecule has 8 atom stereocenters. The summed E-state index contributed by atoms with van der Waals surface area (Å²) in [6, 6.07) is 20.8. The van der Waals surface area contributed by atoms with Crippen LogP contribution in [0.25, 0.3) is 0 Å². The van der Waals surface area contributed by atoms with Gasteiger partial charge in [0.2, 0.25) is 0 Å². The first kappa shape index (κ1) is 17.2. The van der Waals surface area contributed by atoms with E-state index in [4.69, 9.17) is 0 Å². The van der Waals surface area contributed by atoms with Crippen LogP contribution < -0.4 is 10.6 Å². The zero-order valence-electron chi connectivity index (χ0n) is 16.0.